The minimum absolute atomic E-state index is 0.638. The summed E-state index contributed by atoms with van der Waals surface area (Å²) in [5.41, 5.74) is 0. The van der Waals surface area contributed by atoms with Crippen LogP contribution in [-0.2, 0) is 0 Å². The molecule has 3 rings (SSSR count). The maximum Gasteiger partial charge on any atom is 0.218 e. The Hall–Kier alpha value is -1.40. The molecule has 1 atom stereocenters. The molecule has 0 radical (unpaired) electrons. The van der Waals surface area contributed by atoms with Crippen LogP contribution in [0, 0.1) is 6.92 Å². The summed E-state index contributed by atoms with van der Waals surface area (Å²) in [4.78, 5) is 16.6. The van der Waals surface area contributed by atoms with Gasteiger partial charge in [-0.3, -0.25) is 9.80 Å². The summed E-state index contributed by atoms with van der Waals surface area (Å²) in [5, 5.41) is 0. The summed E-state index contributed by atoms with van der Waals surface area (Å²) in [6.45, 7) is 16.0. The SMILES string of the molecule is CCOc1cc(N2CCC(N3CCN(C(C)C)CC3)C2)nc(C)n1. The van der Waals surface area contributed by atoms with Gasteiger partial charge in [-0.05, 0) is 34.1 Å². The Balaban J connectivity index is 1.60. The van der Waals surface area contributed by atoms with E-state index >= 15 is 0 Å². The third-order valence-corrected chi connectivity index (χ3v) is 5.18. The summed E-state index contributed by atoms with van der Waals surface area (Å²) in [6, 6.07) is 3.29. The predicted molar refractivity (Wildman–Crippen MR) is 96.8 cm³/mol. The van der Waals surface area contributed by atoms with E-state index in [-0.39, 0.29) is 0 Å². The van der Waals surface area contributed by atoms with Gasteiger partial charge in [-0.2, -0.15) is 4.98 Å². The maximum absolute atomic E-state index is 5.57. The van der Waals surface area contributed by atoms with E-state index in [1.54, 1.807) is 0 Å². The van der Waals surface area contributed by atoms with Gasteiger partial charge in [0.15, 0.2) is 0 Å². The fourth-order valence-electron chi connectivity index (χ4n) is 3.78. The van der Waals surface area contributed by atoms with Gasteiger partial charge < -0.3 is 9.64 Å². The van der Waals surface area contributed by atoms with Gasteiger partial charge >= 0.3 is 0 Å². The first-order valence-corrected chi connectivity index (χ1v) is 9.28. The topological polar surface area (TPSA) is 44.7 Å². The van der Waals surface area contributed by atoms with Gasteiger partial charge in [0.25, 0.3) is 0 Å². The third-order valence-electron chi connectivity index (χ3n) is 5.18. The van der Waals surface area contributed by atoms with Crippen LogP contribution in [0.1, 0.15) is 33.0 Å². The van der Waals surface area contributed by atoms with Gasteiger partial charge in [0, 0.05) is 57.4 Å². The molecule has 24 heavy (non-hydrogen) atoms. The number of aryl methyl sites for hydroxylation is 1. The minimum atomic E-state index is 0.638. The molecule has 3 heterocycles. The van der Waals surface area contributed by atoms with Crippen molar-refractivity contribution < 1.29 is 4.74 Å². The second-order valence-electron chi connectivity index (χ2n) is 7.10. The lowest BCUT2D eigenvalue weighted by Crippen LogP contribution is -2.52. The largest absolute Gasteiger partial charge is 0.478 e. The maximum atomic E-state index is 5.57. The molecule has 1 aromatic rings. The van der Waals surface area contributed by atoms with Crippen LogP contribution >= 0.6 is 0 Å². The average Bonchev–Trinajstić information content (AvgIpc) is 3.05. The van der Waals surface area contributed by atoms with Crippen LogP contribution in [0.15, 0.2) is 6.07 Å². The second kappa shape index (κ2) is 7.66. The number of ether oxygens (including phenoxy) is 1. The molecule has 0 saturated carbocycles. The lowest BCUT2D eigenvalue weighted by Gasteiger charge is -2.39. The summed E-state index contributed by atoms with van der Waals surface area (Å²) in [7, 11) is 0. The molecule has 2 fully saturated rings. The Morgan fingerprint density at radius 2 is 1.92 bits per heavy atom. The highest BCUT2D eigenvalue weighted by atomic mass is 16.5. The predicted octanol–water partition coefficient (Wildman–Crippen LogP) is 1.79. The number of rotatable bonds is 5. The Kier molecular flexibility index (Phi) is 5.56. The molecule has 6 heteroatoms. The van der Waals surface area contributed by atoms with Gasteiger partial charge in [0.05, 0.1) is 6.61 Å². The van der Waals surface area contributed by atoms with Crippen LogP contribution < -0.4 is 9.64 Å². The fraction of sp³-hybridized carbons (Fsp3) is 0.778. The van der Waals surface area contributed by atoms with E-state index in [9.17, 15) is 0 Å². The molecule has 0 spiro atoms. The number of anilines is 1. The van der Waals surface area contributed by atoms with Gasteiger partial charge in [-0.25, -0.2) is 4.98 Å². The van der Waals surface area contributed by atoms with Crippen LogP contribution in [-0.4, -0.2) is 77.7 Å². The lowest BCUT2D eigenvalue weighted by molar-refractivity contribution is 0.0842. The van der Waals surface area contributed by atoms with E-state index < -0.39 is 0 Å². The highest BCUT2D eigenvalue weighted by Gasteiger charge is 2.31. The highest BCUT2D eigenvalue weighted by Crippen LogP contribution is 2.25. The monoisotopic (exact) mass is 333 g/mol. The number of nitrogens with zero attached hydrogens (tertiary/aromatic N) is 5. The Bertz CT molecular complexity index is 542. The standard InChI is InChI=1S/C18H31N5O/c1-5-24-18-12-17(19-15(4)20-18)23-7-6-16(13-23)22-10-8-21(9-11-22)14(2)3/h12,14,16H,5-11,13H2,1-4H3. The first-order chi connectivity index (χ1) is 11.6. The van der Waals surface area contributed by atoms with Crippen molar-refractivity contribution in [3.8, 4) is 5.88 Å². The van der Waals surface area contributed by atoms with Crippen LogP contribution in [0.5, 0.6) is 5.88 Å². The first-order valence-electron chi connectivity index (χ1n) is 9.28. The molecule has 2 saturated heterocycles. The van der Waals surface area contributed by atoms with Crippen molar-refractivity contribution in [2.75, 3.05) is 50.8 Å². The van der Waals surface area contributed by atoms with Crippen molar-refractivity contribution in [2.45, 2.75) is 46.2 Å². The Labute approximate surface area is 145 Å². The molecule has 1 unspecified atom stereocenters. The number of hydrogen-bond acceptors (Lipinski definition) is 6. The average molecular weight is 333 g/mol. The Morgan fingerprint density at radius 3 is 2.58 bits per heavy atom. The molecule has 134 valence electrons. The van der Waals surface area contributed by atoms with Crippen molar-refractivity contribution in [1.82, 2.24) is 19.8 Å². The second-order valence-corrected chi connectivity index (χ2v) is 7.10. The van der Waals surface area contributed by atoms with Crippen LogP contribution in [0.25, 0.3) is 0 Å². The first kappa shape index (κ1) is 17.4. The van der Waals surface area contributed by atoms with E-state index in [1.165, 1.54) is 32.6 Å². The van der Waals surface area contributed by atoms with Crippen molar-refractivity contribution in [2.24, 2.45) is 0 Å². The normalized spacial score (nSPS) is 23.2. The van der Waals surface area contributed by atoms with E-state index in [0.717, 1.165) is 24.7 Å². The lowest BCUT2D eigenvalue weighted by atomic mass is 10.1. The quantitative estimate of drug-likeness (QED) is 0.819. The van der Waals surface area contributed by atoms with Crippen molar-refractivity contribution >= 4 is 5.82 Å². The molecule has 0 aliphatic carbocycles. The summed E-state index contributed by atoms with van der Waals surface area (Å²) in [5.74, 6) is 2.48. The number of piperazine rings is 1. The van der Waals surface area contributed by atoms with E-state index in [4.69, 9.17) is 4.74 Å². The molecule has 0 aromatic carbocycles. The Morgan fingerprint density at radius 1 is 1.17 bits per heavy atom. The van der Waals surface area contributed by atoms with E-state index in [2.05, 4.69) is 38.5 Å². The zero-order chi connectivity index (χ0) is 17.1. The zero-order valence-corrected chi connectivity index (χ0v) is 15.5. The van der Waals surface area contributed by atoms with Crippen LogP contribution in [0.4, 0.5) is 5.82 Å². The van der Waals surface area contributed by atoms with Gasteiger partial charge in [-0.15, -0.1) is 0 Å². The van der Waals surface area contributed by atoms with Gasteiger partial charge in [0.2, 0.25) is 5.88 Å². The number of hydrogen-bond donors (Lipinski definition) is 0. The molecule has 0 N–H and O–H groups in total. The highest BCUT2D eigenvalue weighted by molar-refractivity contribution is 5.43. The van der Waals surface area contributed by atoms with E-state index in [1.807, 2.05) is 19.9 Å². The molecule has 6 nitrogen and oxygen atoms in total. The fourth-order valence-corrected chi connectivity index (χ4v) is 3.78. The van der Waals surface area contributed by atoms with Gasteiger partial charge in [0.1, 0.15) is 11.6 Å². The summed E-state index contributed by atoms with van der Waals surface area (Å²) in [6.07, 6.45) is 1.22. The summed E-state index contributed by atoms with van der Waals surface area (Å²) >= 11 is 0. The molecular formula is C18H31N5O. The zero-order valence-electron chi connectivity index (χ0n) is 15.5. The number of aromatic nitrogens is 2. The van der Waals surface area contributed by atoms with Crippen LogP contribution in [0.3, 0.4) is 0 Å². The van der Waals surface area contributed by atoms with Crippen molar-refractivity contribution in [3.63, 3.8) is 0 Å². The van der Waals surface area contributed by atoms with Gasteiger partial charge in [-0.1, -0.05) is 0 Å². The van der Waals surface area contributed by atoms with E-state index in [0.29, 0.717) is 24.6 Å². The van der Waals surface area contributed by atoms with Crippen molar-refractivity contribution in [1.29, 1.82) is 0 Å². The molecule has 1 aromatic heterocycles. The minimum Gasteiger partial charge on any atom is -0.478 e. The van der Waals surface area contributed by atoms with Crippen LogP contribution in [0.2, 0.25) is 0 Å². The third kappa shape index (κ3) is 3.98. The summed E-state index contributed by atoms with van der Waals surface area (Å²) < 4.78 is 5.57. The molecule has 2 aliphatic rings. The molecule has 0 bridgehead atoms. The molecule has 0 amide bonds. The smallest absolute Gasteiger partial charge is 0.218 e. The van der Waals surface area contributed by atoms with Crippen molar-refractivity contribution in [3.05, 3.63) is 11.9 Å². The molecular weight excluding hydrogens is 302 g/mol. The molecule has 2 aliphatic heterocycles.